The average molecular weight is 560 g/mol. The number of rotatable bonds is 10. The Labute approximate surface area is 235 Å². The van der Waals surface area contributed by atoms with E-state index in [1.807, 2.05) is 6.08 Å². The van der Waals surface area contributed by atoms with E-state index in [0.717, 1.165) is 24.8 Å². The van der Waals surface area contributed by atoms with E-state index < -0.39 is 0 Å². The van der Waals surface area contributed by atoms with Gasteiger partial charge in [-0.25, -0.2) is 14.4 Å². The Balaban J connectivity index is 1.21. The van der Waals surface area contributed by atoms with Crippen molar-refractivity contribution in [3.63, 3.8) is 0 Å². The second kappa shape index (κ2) is 12.6. The molecule has 3 N–H and O–H groups in total. The molecule has 1 aliphatic carbocycles. The van der Waals surface area contributed by atoms with Crippen LogP contribution in [0.5, 0.6) is 5.75 Å². The van der Waals surface area contributed by atoms with Crippen LogP contribution in [0.25, 0.3) is 10.9 Å². The van der Waals surface area contributed by atoms with E-state index in [1.165, 1.54) is 18.5 Å². The summed E-state index contributed by atoms with van der Waals surface area (Å²) < 4.78 is 19.2. The summed E-state index contributed by atoms with van der Waals surface area (Å²) in [7, 11) is 0. The molecule has 0 saturated carbocycles. The maximum Gasteiger partial charge on any atom is 0.246 e. The van der Waals surface area contributed by atoms with Crippen LogP contribution in [0.1, 0.15) is 31.2 Å². The second-order valence-electron chi connectivity index (χ2n) is 9.32. The van der Waals surface area contributed by atoms with Crippen LogP contribution in [-0.2, 0) is 16.2 Å². The van der Waals surface area contributed by atoms with Crippen LogP contribution in [-0.4, -0.2) is 28.3 Å². The highest BCUT2D eigenvalue weighted by Gasteiger charge is 2.14. The zero-order valence-electron chi connectivity index (χ0n) is 21.5. The van der Waals surface area contributed by atoms with Crippen LogP contribution in [0.15, 0.2) is 78.6 Å². The second-order valence-corrected chi connectivity index (χ2v) is 9.73. The van der Waals surface area contributed by atoms with Crippen molar-refractivity contribution >= 4 is 51.5 Å². The molecule has 4 aromatic rings. The first-order chi connectivity index (χ1) is 19.4. The monoisotopic (exact) mass is 559 g/mol. The van der Waals surface area contributed by atoms with Crippen molar-refractivity contribution in [3.8, 4) is 5.75 Å². The van der Waals surface area contributed by atoms with Gasteiger partial charge in [0, 0.05) is 35.3 Å². The zero-order valence-corrected chi connectivity index (χ0v) is 22.3. The Kier molecular flexibility index (Phi) is 8.51. The van der Waals surface area contributed by atoms with Crippen LogP contribution in [0, 0.1) is 5.82 Å². The number of ether oxygens (including phenoxy) is 1. The van der Waals surface area contributed by atoms with Gasteiger partial charge in [0.05, 0.1) is 10.5 Å². The SMILES string of the molecule is O=C(CCNC(=O)C1=CCCC1)Nc1ccc2ncnc(Nc3ccc(OCc4cccc(F)c4)c(Cl)c3)c2c1. The summed E-state index contributed by atoms with van der Waals surface area (Å²) in [5, 5.41) is 9.99. The molecule has 204 valence electrons. The van der Waals surface area contributed by atoms with Crippen molar-refractivity contribution in [3.05, 3.63) is 95.0 Å². The van der Waals surface area contributed by atoms with Gasteiger partial charge >= 0.3 is 0 Å². The molecule has 0 unspecified atom stereocenters. The molecule has 40 heavy (non-hydrogen) atoms. The van der Waals surface area contributed by atoms with E-state index in [0.29, 0.717) is 44.4 Å². The van der Waals surface area contributed by atoms with Crippen LogP contribution < -0.4 is 20.7 Å². The summed E-state index contributed by atoms with van der Waals surface area (Å²) in [4.78, 5) is 33.3. The number of anilines is 3. The fraction of sp³-hybridized carbons (Fsp3) is 0.200. The van der Waals surface area contributed by atoms with Crippen molar-refractivity contribution in [2.75, 3.05) is 17.2 Å². The summed E-state index contributed by atoms with van der Waals surface area (Å²) in [6, 6.07) is 16.8. The molecule has 1 heterocycles. The summed E-state index contributed by atoms with van der Waals surface area (Å²) in [6.07, 6.45) is 6.26. The van der Waals surface area contributed by atoms with Gasteiger partial charge in [-0.15, -0.1) is 0 Å². The van der Waals surface area contributed by atoms with Gasteiger partial charge < -0.3 is 20.7 Å². The van der Waals surface area contributed by atoms with Gasteiger partial charge in [0.15, 0.2) is 0 Å². The molecule has 0 aliphatic heterocycles. The molecular formula is C30H27ClFN5O3. The van der Waals surface area contributed by atoms with Crippen molar-refractivity contribution < 1.29 is 18.7 Å². The van der Waals surface area contributed by atoms with Crippen LogP contribution >= 0.6 is 11.6 Å². The topological polar surface area (TPSA) is 105 Å². The first kappa shape index (κ1) is 27.1. The lowest BCUT2D eigenvalue weighted by atomic mass is 10.2. The molecule has 1 aliphatic rings. The lowest BCUT2D eigenvalue weighted by molar-refractivity contribution is -0.118. The predicted octanol–water partition coefficient (Wildman–Crippen LogP) is 6.30. The van der Waals surface area contributed by atoms with Crippen LogP contribution in [0.4, 0.5) is 21.6 Å². The Morgan fingerprint density at radius 3 is 2.70 bits per heavy atom. The van der Waals surface area contributed by atoms with Crippen molar-refractivity contribution in [2.45, 2.75) is 32.3 Å². The molecular weight excluding hydrogens is 533 g/mol. The summed E-state index contributed by atoms with van der Waals surface area (Å²) >= 11 is 6.44. The number of amides is 2. The van der Waals surface area contributed by atoms with E-state index >= 15 is 0 Å². The number of nitrogens with zero attached hydrogens (tertiary/aromatic N) is 2. The predicted molar refractivity (Wildman–Crippen MR) is 153 cm³/mol. The van der Waals surface area contributed by atoms with E-state index in [-0.39, 0.29) is 37.2 Å². The highest BCUT2D eigenvalue weighted by Crippen LogP contribution is 2.31. The standard InChI is InChI=1S/C30H27ClFN5O3/c31-25-16-23(9-11-27(25)40-17-19-4-3-7-21(32)14-19)37-29-24-15-22(8-10-26(24)34-18-35-29)36-28(38)12-13-33-30(39)20-5-1-2-6-20/h3-5,7-11,14-16,18H,1-2,6,12-13,17H2,(H,33,39)(H,36,38)(H,34,35,37). The third kappa shape index (κ3) is 6.92. The molecule has 0 radical (unpaired) electrons. The maximum absolute atomic E-state index is 13.4. The van der Waals surface area contributed by atoms with Gasteiger partial charge in [-0.2, -0.15) is 0 Å². The smallest absolute Gasteiger partial charge is 0.246 e. The number of carbonyl (C=O) groups is 2. The summed E-state index contributed by atoms with van der Waals surface area (Å²) in [5.74, 6) is 0.350. The van der Waals surface area contributed by atoms with Crippen molar-refractivity contribution in [2.24, 2.45) is 0 Å². The highest BCUT2D eigenvalue weighted by molar-refractivity contribution is 6.32. The lowest BCUT2D eigenvalue weighted by Gasteiger charge is -2.13. The molecule has 8 nitrogen and oxygen atoms in total. The highest BCUT2D eigenvalue weighted by atomic mass is 35.5. The number of benzene rings is 3. The molecule has 1 aromatic heterocycles. The minimum atomic E-state index is -0.326. The third-order valence-electron chi connectivity index (χ3n) is 6.37. The number of carbonyl (C=O) groups excluding carboxylic acids is 2. The van der Waals surface area contributed by atoms with Gasteiger partial charge in [-0.1, -0.05) is 29.8 Å². The Hall–Kier alpha value is -4.50. The van der Waals surface area contributed by atoms with Crippen LogP contribution in [0.2, 0.25) is 5.02 Å². The van der Waals surface area contributed by atoms with Gasteiger partial charge in [0.2, 0.25) is 11.8 Å². The summed E-state index contributed by atoms with van der Waals surface area (Å²) in [5.41, 5.74) is 3.43. The first-order valence-electron chi connectivity index (χ1n) is 12.9. The fourth-order valence-corrected chi connectivity index (χ4v) is 4.59. The average Bonchev–Trinajstić information content (AvgIpc) is 3.48. The van der Waals surface area contributed by atoms with Gasteiger partial charge in [-0.05, 0) is 73.4 Å². The minimum absolute atomic E-state index is 0.102. The summed E-state index contributed by atoms with van der Waals surface area (Å²) in [6.45, 7) is 0.438. The van der Waals surface area contributed by atoms with Gasteiger partial charge in [0.25, 0.3) is 0 Å². The van der Waals surface area contributed by atoms with Gasteiger partial charge in [-0.3, -0.25) is 9.59 Å². The number of allylic oxidation sites excluding steroid dienone is 1. The fourth-order valence-electron chi connectivity index (χ4n) is 4.36. The largest absolute Gasteiger partial charge is 0.487 e. The number of nitrogens with one attached hydrogen (secondary N) is 3. The minimum Gasteiger partial charge on any atom is -0.487 e. The molecule has 0 saturated heterocycles. The molecule has 0 bridgehead atoms. The molecule has 5 rings (SSSR count). The van der Waals surface area contributed by atoms with Gasteiger partial charge in [0.1, 0.15) is 30.3 Å². The molecule has 3 aromatic carbocycles. The molecule has 0 fully saturated rings. The molecule has 0 atom stereocenters. The van der Waals surface area contributed by atoms with E-state index in [9.17, 15) is 14.0 Å². The number of hydrogen-bond acceptors (Lipinski definition) is 6. The quantitative estimate of drug-likeness (QED) is 0.211. The van der Waals surface area contributed by atoms with Crippen LogP contribution in [0.3, 0.4) is 0 Å². The normalized spacial score (nSPS) is 12.6. The molecule has 2 amide bonds. The third-order valence-corrected chi connectivity index (χ3v) is 6.66. The Morgan fingerprint density at radius 1 is 1.02 bits per heavy atom. The van der Waals surface area contributed by atoms with E-state index in [2.05, 4.69) is 25.9 Å². The molecule has 10 heteroatoms. The first-order valence-corrected chi connectivity index (χ1v) is 13.3. The van der Waals surface area contributed by atoms with E-state index in [4.69, 9.17) is 16.3 Å². The van der Waals surface area contributed by atoms with Crippen molar-refractivity contribution in [1.29, 1.82) is 0 Å². The Bertz CT molecular complexity index is 1590. The lowest BCUT2D eigenvalue weighted by Crippen LogP contribution is -2.28. The zero-order chi connectivity index (χ0) is 27.9. The number of hydrogen-bond donors (Lipinski definition) is 3. The van der Waals surface area contributed by atoms with E-state index in [1.54, 1.807) is 48.5 Å². The number of halogens is 2. The molecule has 0 spiro atoms. The van der Waals surface area contributed by atoms with Crippen molar-refractivity contribution in [1.82, 2.24) is 15.3 Å². The number of fused-ring (bicyclic) bond motifs is 1. The Morgan fingerprint density at radius 2 is 1.90 bits per heavy atom. The number of aromatic nitrogens is 2. The maximum atomic E-state index is 13.4.